The monoisotopic (exact) mass is 499 g/mol. The highest BCUT2D eigenvalue weighted by molar-refractivity contribution is 7.98. The molecular weight excluding hydrogens is 474 g/mol. The number of fused-ring (bicyclic) bond motifs is 1. The first-order valence-corrected chi connectivity index (χ1v) is 13.6. The van der Waals surface area contributed by atoms with Gasteiger partial charge in [0.25, 0.3) is 5.56 Å². The number of H-pyrrole nitrogens is 1. The van der Waals surface area contributed by atoms with Gasteiger partial charge in [-0.1, -0.05) is 71.9 Å². The topological polar surface area (TPSA) is 76.5 Å². The second-order valence-corrected chi connectivity index (χ2v) is 11.2. The number of nitrogens with zero attached hydrogens (tertiary/aromatic N) is 4. The zero-order valence-electron chi connectivity index (χ0n) is 19.6. The average Bonchev–Trinajstić information content (AvgIpc) is 3.54. The van der Waals surface area contributed by atoms with Gasteiger partial charge >= 0.3 is 0 Å². The maximum Gasteiger partial charge on any atom is 0.260 e. The SMILES string of the molecule is Cc1ccc(-c2c(C)sc3nc(CSc4nnc(C5CC5)n4Cc4ccccc4)[nH]c(=O)c23)cc1. The van der Waals surface area contributed by atoms with Crippen molar-refractivity contribution in [3.63, 3.8) is 0 Å². The Morgan fingerprint density at radius 2 is 1.83 bits per heavy atom. The molecule has 0 amide bonds. The first-order chi connectivity index (χ1) is 17.1. The molecule has 3 heterocycles. The average molecular weight is 500 g/mol. The molecule has 1 N–H and O–H groups in total. The van der Waals surface area contributed by atoms with Crippen molar-refractivity contribution >= 4 is 33.3 Å². The predicted octanol–water partition coefficient (Wildman–Crippen LogP) is 6.08. The summed E-state index contributed by atoms with van der Waals surface area (Å²) < 4.78 is 2.22. The van der Waals surface area contributed by atoms with Crippen molar-refractivity contribution < 1.29 is 0 Å². The first-order valence-electron chi connectivity index (χ1n) is 11.8. The molecule has 3 aromatic heterocycles. The number of thioether (sulfide) groups is 1. The van der Waals surface area contributed by atoms with E-state index in [4.69, 9.17) is 4.98 Å². The highest BCUT2D eigenvalue weighted by atomic mass is 32.2. The fourth-order valence-electron chi connectivity index (χ4n) is 4.40. The summed E-state index contributed by atoms with van der Waals surface area (Å²) in [4.78, 5) is 22.9. The Morgan fingerprint density at radius 1 is 1.06 bits per heavy atom. The molecule has 6 nitrogen and oxygen atoms in total. The fraction of sp³-hybridized carbons (Fsp3) is 0.259. The Labute approximate surface area is 211 Å². The summed E-state index contributed by atoms with van der Waals surface area (Å²) in [5.41, 5.74) is 4.36. The third-order valence-corrected chi connectivity index (χ3v) is 8.31. The van der Waals surface area contributed by atoms with E-state index in [0.717, 1.165) is 38.4 Å². The van der Waals surface area contributed by atoms with E-state index in [9.17, 15) is 4.79 Å². The van der Waals surface area contributed by atoms with E-state index >= 15 is 0 Å². The van der Waals surface area contributed by atoms with Gasteiger partial charge in [-0.25, -0.2) is 4.98 Å². The Bertz CT molecular complexity index is 1560. The minimum absolute atomic E-state index is 0.0880. The lowest BCUT2D eigenvalue weighted by Crippen LogP contribution is -2.11. The van der Waals surface area contributed by atoms with Crippen LogP contribution in [-0.4, -0.2) is 24.7 Å². The normalized spacial score (nSPS) is 13.5. The molecule has 6 rings (SSSR count). The molecule has 0 unspecified atom stereocenters. The van der Waals surface area contributed by atoms with Crippen LogP contribution >= 0.6 is 23.1 Å². The van der Waals surface area contributed by atoms with Crippen molar-refractivity contribution in [2.24, 2.45) is 0 Å². The Morgan fingerprint density at radius 3 is 2.57 bits per heavy atom. The van der Waals surface area contributed by atoms with Crippen molar-refractivity contribution in [1.29, 1.82) is 0 Å². The third kappa shape index (κ3) is 4.44. The number of hydrogen-bond acceptors (Lipinski definition) is 6. The lowest BCUT2D eigenvalue weighted by molar-refractivity contribution is 0.667. The molecule has 1 aliphatic rings. The van der Waals surface area contributed by atoms with Crippen LogP contribution in [0.5, 0.6) is 0 Å². The first kappa shape index (κ1) is 22.2. The minimum Gasteiger partial charge on any atom is -0.309 e. The van der Waals surface area contributed by atoms with E-state index in [2.05, 4.69) is 82.1 Å². The van der Waals surface area contributed by atoms with Gasteiger partial charge < -0.3 is 9.55 Å². The summed E-state index contributed by atoms with van der Waals surface area (Å²) in [7, 11) is 0. The lowest BCUT2D eigenvalue weighted by Gasteiger charge is -2.10. The number of aromatic amines is 1. The van der Waals surface area contributed by atoms with Gasteiger partial charge in [0.15, 0.2) is 5.16 Å². The van der Waals surface area contributed by atoms with Crippen LogP contribution in [0, 0.1) is 13.8 Å². The molecule has 1 aliphatic carbocycles. The van der Waals surface area contributed by atoms with Crippen molar-refractivity contribution in [3.05, 3.63) is 92.6 Å². The highest BCUT2D eigenvalue weighted by Crippen LogP contribution is 2.40. The number of hydrogen-bond donors (Lipinski definition) is 1. The van der Waals surface area contributed by atoms with Gasteiger partial charge in [0.2, 0.25) is 0 Å². The largest absolute Gasteiger partial charge is 0.309 e. The molecule has 1 fully saturated rings. The van der Waals surface area contributed by atoms with Crippen LogP contribution in [0.15, 0.2) is 64.5 Å². The summed E-state index contributed by atoms with van der Waals surface area (Å²) in [6, 6.07) is 18.7. The molecule has 0 saturated heterocycles. The van der Waals surface area contributed by atoms with Gasteiger partial charge in [0.05, 0.1) is 17.7 Å². The van der Waals surface area contributed by atoms with E-state index < -0.39 is 0 Å². The van der Waals surface area contributed by atoms with Gasteiger partial charge in [-0.15, -0.1) is 21.5 Å². The van der Waals surface area contributed by atoms with E-state index in [1.807, 2.05) is 6.07 Å². The molecule has 176 valence electrons. The van der Waals surface area contributed by atoms with Crippen molar-refractivity contribution in [2.75, 3.05) is 0 Å². The maximum atomic E-state index is 13.2. The van der Waals surface area contributed by atoms with Crippen LogP contribution in [0.4, 0.5) is 0 Å². The highest BCUT2D eigenvalue weighted by Gasteiger charge is 2.30. The number of benzene rings is 2. The molecule has 0 bridgehead atoms. The summed E-state index contributed by atoms with van der Waals surface area (Å²) >= 11 is 3.15. The molecule has 0 radical (unpaired) electrons. The molecular formula is C27H25N5OS2. The quantitative estimate of drug-likeness (QED) is 0.275. The van der Waals surface area contributed by atoms with Crippen LogP contribution in [-0.2, 0) is 12.3 Å². The zero-order chi connectivity index (χ0) is 23.9. The second kappa shape index (κ2) is 9.09. The van der Waals surface area contributed by atoms with Crippen LogP contribution in [0.2, 0.25) is 0 Å². The zero-order valence-corrected chi connectivity index (χ0v) is 21.2. The molecule has 0 atom stereocenters. The molecule has 0 spiro atoms. The summed E-state index contributed by atoms with van der Waals surface area (Å²) in [5, 5.41) is 10.5. The standard InChI is InChI=1S/C27H25N5OS2/c1-16-8-10-19(11-9-16)22-17(2)35-26-23(22)25(33)28-21(29-26)15-34-27-31-30-24(20-12-13-20)32(27)14-18-6-4-3-5-7-18/h3-11,20H,12-15H2,1-2H3,(H,28,29,33). The second-order valence-electron chi connectivity index (χ2n) is 9.07. The van der Waals surface area contributed by atoms with Crippen LogP contribution in [0.25, 0.3) is 21.3 Å². The van der Waals surface area contributed by atoms with Crippen molar-refractivity contribution in [1.82, 2.24) is 24.7 Å². The molecule has 35 heavy (non-hydrogen) atoms. The fourth-order valence-corrected chi connectivity index (χ4v) is 6.28. The van der Waals surface area contributed by atoms with Crippen LogP contribution in [0.3, 0.4) is 0 Å². The number of aryl methyl sites for hydroxylation is 2. The number of thiophene rings is 1. The van der Waals surface area contributed by atoms with Gasteiger partial charge in [0.1, 0.15) is 16.5 Å². The van der Waals surface area contributed by atoms with Gasteiger partial charge in [-0.05, 0) is 37.8 Å². The lowest BCUT2D eigenvalue weighted by atomic mass is 10.0. The van der Waals surface area contributed by atoms with Gasteiger partial charge in [-0.2, -0.15) is 0 Å². The van der Waals surface area contributed by atoms with Gasteiger partial charge in [0, 0.05) is 16.4 Å². The van der Waals surface area contributed by atoms with Gasteiger partial charge in [-0.3, -0.25) is 4.79 Å². The smallest absolute Gasteiger partial charge is 0.260 e. The minimum atomic E-state index is -0.0880. The Hall–Kier alpha value is -3.23. The van der Waals surface area contributed by atoms with E-state index in [0.29, 0.717) is 22.9 Å². The summed E-state index contributed by atoms with van der Waals surface area (Å²) in [6.07, 6.45) is 2.34. The summed E-state index contributed by atoms with van der Waals surface area (Å²) in [5.74, 6) is 2.75. The summed E-state index contributed by atoms with van der Waals surface area (Å²) in [6.45, 7) is 4.87. The Balaban J connectivity index is 1.29. The molecule has 2 aromatic carbocycles. The number of rotatable bonds is 7. The molecule has 1 saturated carbocycles. The molecule has 0 aliphatic heterocycles. The van der Waals surface area contributed by atoms with E-state index in [-0.39, 0.29) is 5.56 Å². The number of nitrogens with one attached hydrogen (secondary N) is 1. The Kier molecular flexibility index (Phi) is 5.78. The maximum absolute atomic E-state index is 13.2. The van der Waals surface area contributed by atoms with Crippen LogP contribution < -0.4 is 5.56 Å². The van der Waals surface area contributed by atoms with Crippen LogP contribution in [0.1, 0.15) is 46.4 Å². The van der Waals surface area contributed by atoms with E-state index in [1.165, 1.54) is 24.0 Å². The predicted molar refractivity (Wildman–Crippen MR) is 142 cm³/mol. The van der Waals surface area contributed by atoms with E-state index in [1.54, 1.807) is 23.1 Å². The third-order valence-electron chi connectivity index (χ3n) is 6.34. The number of aromatic nitrogens is 5. The molecule has 8 heteroatoms. The molecule has 5 aromatic rings. The van der Waals surface area contributed by atoms with Crippen molar-refractivity contribution in [3.8, 4) is 11.1 Å². The van der Waals surface area contributed by atoms with Crippen molar-refractivity contribution in [2.45, 2.75) is 50.1 Å².